The third-order valence-electron chi connectivity index (χ3n) is 3.20. The van der Waals surface area contributed by atoms with Gasteiger partial charge in [-0.25, -0.2) is 9.18 Å². The van der Waals surface area contributed by atoms with Gasteiger partial charge in [-0.2, -0.15) is 0 Å². The van der Waals surface area contributed by atoms with Gasteiger partial charge in [0.25, 0.3) is 0 Å². The highest BCUT2D eigenvalue weighted by Crippen LogP contribution is 2.36. The van der Waals surface area contributed by atoms with Gasteiger partial charge >= 0.3 is 6.03 Å². The number of urea groups is 1. The Bertz CT molecular complexity index is 483. The fourth-order valence-corrected chi connectivity index (χ4v) is 2.12. The second-order valence-electron chi connectivity index (χ2n) is 4.39. The van der Waals surface area contributed by atoms with Crippen LogP contribution in [-0.2, 0) is 9.53 Å². The van der Waals surface area contributed by atoms with Gasteiger partial charge in [-0.1, -0.05) is 5.11 Å². The molecule has 0 aliphatic carbocycles. The zero-order valence-electron chi connectivity index (χ0n) is 10.1. The largest absolute Gasteiger partial charge is 0.393 e. The standard InChI is InChI=1S/C9H12FN5O5/c10-5-6(18)9(3-16,13-14-11)20-7(5)15-2-1-4(17)12-8(15)19/h5-7,16,18H,1-3H2,(H,12,17,19)/t5-,6-,7+,9+/m0/s1. The van der Waals surface area contributed by atoms with Gasteiger partial charge in [0.2, 0.25) is 11.6 Å². The first kappa shape index (κ1) is 14.5. The summed E-state index contributed by atoms with van der Waals surface area (Å²) in [7, 11) is 0. The van der Waals surface area contributed by atoms with Crippen molar-refractivity contribution in [3.8, 4) is 0 Å². The van der Waals surface area contributed by atoms with Gasteiger partial charge in [0, 0.05) is 17.9 Å². The molecule has 2 fully saturated rings. The van der Waals surface area contributed by atoms with Crippen molar-refractivity contribution in [3.05, 3.63) is 10.4 Å². The molecular formula is C9H12FN5O5. The number of carbonyl (C=O) groups excluding carboxylic acids is 2. The second kappa shape index (κ2) is 5.21. The summed E-state index contributed by atoms with van der Waals surface area (Å²) in [6, 6.07) is -0.879. The van der Waals surface area contributed by atoms with Crippen LogP contribution in [0.15, 0.2) is 5.11 Å². The Kier molecular flexibility index (Phi) is 3.77. The van der Waals surface area contributed by atoms with Crippen LogP contribution in [0.4, 0.5) is 9.18 Å². The Hall–Kier alpha value is -1.94. The van der Waals surface area contributed by atoms with Crippen molar-refractivity contribution in [1.82, 2.24) is 10.2 Å². The van der Waals surface area contributed by atoms with Crippen LogP contribution in [0.25, 0.3) is 10.4 Å². The highest BCUT2D eigenvalue weighted by Gasteiger charge is 2.57. The van der Waals surface area contributed by atoms with Crippen molar-refractivity contribution < 1.29 is 28.9 Å². The first-order valence-corrected chi connectivity index (χ1v) is 5.72. The number of aliphatic hydroxyl groups is 2. The minimum Gasteiger partial charge on any atom is -0.393 e. The van der Waals surface area contributed by atoms with Gasteiger partial charge in [0.1, 0.15) is 6.10 Å². The molecule has 2 saturated heterocycles. The molecular weight excluding hydrogens is 277 g/mol. The summed E-state index contributed by atoms with van der Waals surface area (Å²) < 4.78 is 19.1. The zero-order valence-corrected chi connectivity index (χ0v) is 10.1. The molecule has 2 aliphatic heterocycles. The van der Waals surface area contributed by atoms with Gasteiger partial charge in [-0.15, -0.1) is 0 Å². The number of aliphatic hydroxyl groups excluding tert-OH is 2. The van der Waals surface area contributed by atoms with Crippen molar-refractivity contribution in [1.29, 1.82) is 0 Å². The summed E-state index contributed by atoms with van der Waals surface area (Å²) in [6.07, 6.45) is -5.64. The van der Waals surface area contributed by atoms with Crippen LogP contribution in [-0.4, -0.2) is 64.4 Å². The summed E-state index contributed by atoms with van der Waals surface area (Å²) in [6.45, 7) is -1.07. The molecule has 2 rings (SSSR count). The lowest BCUT2D eigenvalue weighted by atomic mass is 10.1. The molecule has 20 heavy (non-hydrogen) atoms. The maximum atomic E-state index is 14.1. The fraction of sp³-hybridized carbons (Fsp3) is 0.778. The molecule has 0 aromatic rings. The molecule has 0 aromatic heterocycles. The number of alkyl halides is 1. The highest BCUT2D eigenvalue weighted by atomic mass is 19.1. The topological polar surface area (TPSA) is 148 Å². The summed E-state index contributed by atoms with van der Waals surface area (Å²) >= 11 is 0. The summed E-state index contributed by atoms with van der Waals surface area (Å²) in [5.41, 5.74) is 6.21. The van der Waals surface area contributed by atoms with E-state index in [4.69, 9.17) is 10.3 Å². The number of ether oxygens (including phenoxy) is 1. The van der Waals surface area contributed by atoms with E-state index < -0.39 is 42.8 Å². The maximum Gasteiger partial charge on any atom is 0.326 e. The van der Waals surface area contributed by atoms with Crippen molar-refractivity contribution in [2.45, 2.75) is 30.6 Å². The molecule has 110 valence electrons. The molecule has 0 unspecified atom stereocenters. The third-order valence-corrected chi connectivity index (χ3v) is 3.20. The third kappa shape index (κ3) is 2.16. The maximum absolute atomic E-state index is 14.1. The zero-order chi connectivity index (χ0) is 14.9. The molecule has 10 nitrogen and oxygen atoms in total. The first-order chi connectivity index (χ1) is 9.45. The SMILES string of the molecule is [N-]=[N+]=N[C@]1(CO)O[C@@H](N2CCC(=O)NC2=O)[C@@H](F)[C@@H]1O. The molecule has 0 aromatic carbocycles. The van der Waals surface area contributed by atoms with Crippen LogP contribution < -0.4 is 5.32 Å². The smallest absolute Gasteiger partial charge is 0.326 e. The first-order valence-electron chi connectivity index (χ1n) is 5.72. The van der Waals surface area contributed by atoms with Crippen LogP contribution in [0.3, 0.4) is 0 Å². The summed E-state index contributed by atoms with van der Waals surface area (Å²) in [5.74, 6) is -0.510. The fourth-order valence-electron chi connectivity index (χ4n) is 2.12. The predicted molar refractivity (Wildman–Crippen MR) is 59.6 cm³/mol. The summed E-state index contributed by atoms with van der Waals surface area (Å²) in [4.78, 5) is 25.9. The molecule has 0 spiro atoms. The molecule has 11 heteroatoms. The van der Waals surface area contributed by atoms with Crippen LogP contribution in [0.5, 0.6) is 0 Å². The normalized spacial score (nSPS) is 37.5. The van der Waals surface area contributed by atoms with E-state index in [0.717, 1.165) is 4.90 Å². The molecule has 3 amide bonds. The number of carbonyl (C=O) groups is 2. The Morgan fingerprint density at radius 2 is 2.35 bits per heavy atom. The Morgan fingerprint density at radius 3 is 2.90 bits per heavy atom. The summed E-state index contributed by atoms with van der Waals surface area (Å²) in [5, 5.41) is 24.0. The predicted octanol–water partition coefficient (Wildman–Crippen LogP) is -1.02. The lowest BCUT2D eigenvalue weighted by molar-refractivity contribution is -0.140. The highest BCUT2D eigenvalue weighted by molar-refractivity contribution is 5.96. The number of hydrogen-bond acceptors (Lipinski definition) is 6. The van der Waals surface area contributed by atoms with E-state index in [1.54, 1.807) is 0 Å². The van der Waals surface area contributed by atoms with Gasteiger partial charge in [-0.05, 0) is 5.53 Å². The van der Waals surface area contributed by atoms with E-state index in [-0.39, 0.29) is 13.0 Å². The average Bonchev–Trinajstić information content (AvgIpc) is 2.65. The number of hydrogen-bond donors (Lipinski definition) is 3. The number of halogens is 1. The lowest BCUT2D eigenvalue weighted by Gasteiger charge is -2.32. The van der Waals surface area contributed by atoms with Gasteiger partial charge in [0.05, 0.1) is 6.61 Å². The van der Waals surface area contributed by atoms with Crippen molar-refractivity contribution in [2.75, 3.05) is 13.2 Å². The van der Waals surface area contributed by atoms with Crippen molar-refractivity contribution in [3.63, 3.8) is 0 Å². The van der Waals surface area contributed by atoms with Crippen molar-refractivity contribution in [2.24, 2.45) is 5.11 Å². The molecule has 3 N–H and O–H groups in total. The Balaban J connectivity index is 2.24. The van der Waals surface area contributed by atoms with E-state index in [1.165, 1.54) is 0 Å². The second-order valence-corrected chi connectivity index (χ2v) is 4.39. The van der Waals surface area contributed by atoms with E-state index in [9.17, 15) is 24.2 Å². The van der Waals surface area contributed by atoms with Crippen molar-refractivity contribution >= 4 is 11.9 Å². The van der Waals surface area contributed by atoms with Crippen LogP contribution >= 0.6 is 0 Å². The van der Waals surface area contributed by atoms with E-state index in [0.29, 0.717) is 0 Å². The van der Waals surface area contributed by atoms with Gasteiger partial charge in [0.15, 0.2) is 12.4 Å². The van der Waals surface area contributed by atoms with Crippen LogP contribution in [0.1, 0.15) is 6.42 Å². The van der Waals surface area contributed by atoms with E-state index in [1.807, 2.05) is 5.32 Å². The average molecular weight is 289 g/mol. The molecule has 2 aliphatic rings. The minimum absolute atomic E-state index is 0.0535. The minimum atomic E-state index is -2.19. The van der Waals surface area contributed by atoms with Crippen LogP contribution in [0, 0.1) is 0 Å². The quantitative estimate of drug-likeness (QED) is 0.345. The monoisotopic (exact) mass is 289 g/mol. The van der Waals surface area contributed by atoms with E-state index >= 15 is 0 Å². The number of amides is 3. The number of nitrogens with zero attached hydrogens (tertiary/aromatic N) is 4. The van der Waals surface area contributed by atoms with E-state index in [2.05, 4.69) is 10.0 Å². The molecule has 0 radical (unpaired) electrons. The number of azide groups is 1. The van der Waals surface area contributed by atoms with Crippen LogP contribution in [0.2, 0.25) is 0 Å². The number of nitrogens with one attached hydrogen (secondary N) is 1. The Labute approximate surface area is 111 Å². The lowest BCUT2D eigenvalue weighted by Crippen LogP contribution is -2.56. The van der Waals surface area contributed by atoms with Gasteiger partial charge in [-0.3, -0.25) is 15.0 Å². The number of imide groups is 1. The molecule has 0 bridgehead atoms. The molecule has 2 heterocycles. The number of rotatable bonds is 3. The van der Waals surface area contributed by atoms with Gasteiger partial charge < -0.3 is 14.9 Å². The molecule has 0 saturated carbocycles. The molecule has 4 atom stereocenters. The Morgan fingerprint density at radius 1 is 1.65 bits per heavy atom.